The van der Waals surface area contributed by atoms with Crippen LogP contribution < -0.4 is 10.5 Å². The van der Waals surface area contributed by atoms with Gasteiger partial charge in [0.25, 0.3) is 0 Å². The van der Waals surface area contributed by atoms with E-state index < -0.39 is 17.5 Å². The Bertz CT molecular complexity index is 590. The number of unbranched alkanes of at least 4 members (excludes halogenated alkanes) is 1. The summed E-state index contributed by atoms with van der Waals surface area (Å²) in [5.74, 6) is -0.827. The molecule has 0 saturated heterocycles. The Morgan fingerprint density at radius 1 is 1.30 bits per heavy atom. The molecule has 0 bridgehead atoms. The number of nitrogen functional groups attached to an aromatic ring is 1. The molecule has 2 N–H and O–H groups in total. The number of anilines is 1. The van der Waals surface area contributed by atoms with Crippen molar-refractivity contribution in [1.82, 2.24) is 0 Å². The molecule has 0 amide bonds. The van der Waals surface area contributed by atoms with Gasteiger partial charge in [-0.2, -0.15) is 0 Å². The molecule has 0 unspecified atom stereocenters. The predicted molar refractivity (Wildman–Crippen MR) is 89.9 cm³/mol. The van der Waals surface area contributed by atoms with Gasteiger partial charge in [0, 0.05) is 23.4 Å². The maximum Gasteiger partial charge on any atom is 0.339 e. The third kappa shape index (κ3) is 7.00. The summed E-state index contributed by atoms with van der Waals surface area (Å²) in [5.41, 5.74) is 5.73. The molecule has 0 aromatic heterocycles. The van der Waals surface area contributed by atoms with E-state index in [2.05, 4.69) is 6.92 Å². The highest BCUT2D eigenvalue weighted by Crippen LogP contribution is 2.19. The molecule has 0 aliphatic rings. The molecular formula is C18H25NO4. The van der Waals surface area contributed by atoms with Crippen molar-refractivity contribution in [3.63, 3.8) is 0 Å². The first-order valence-electron chi connectivity index (χ1n) is 7.72. The summed E-state index contributed by atoms with van der Waals surface area (Å²) in [6, 6.07) is 6.53. The van der Waals surface area contributed by atoms with Gasteiger partial charge in [0.1, 0.15) is 11.4 Å². The summed E-state index contributed by atoms with van der Waals surface area (Å²) in [5, 5.41) is 0. The molecule has 0 aliphatic carbocycles. The minimum atomic E-state index is -0.612. The first-order chi connectivity index (χ1) is 10.7. The molecule has 0 atom stereocenters. The van der Waals surface area contributed by atoms with Gasteiger partial charge in [0.05, 0.1) is 0 Å². The molecule has 0 fully saturated rings. The van der Waals surface area contributed by atoms with Crippen molar-refractivity contribution in [2.75, 3.05) is 5.73 Å². The lowest BCUT2D eigenvalue weighted by molar-refractivity contribution is -0.151. The zero-order valence-corrected chi connectivity index (χ0v) is 14.2. The van der Waals surface area contributed by atoms with Crippen LogP contribution >= 0.6 is 0 Å². The Hall–Kier alpha value is -2.30. The number of ether oxygens (including phenoxy) is 2. The highest BCUT2D eigenvalue weighted by atomic mass is 16.6. The quantitative estimate of drug-likeness (QED) is 0.359. The van der Waals surface area contributed by atoms with Gasteiger partial charge in [0.2, 0.25) is 0 Å². The number of hydrogen-bond acceptors (Lipinski definition) is 5. The average Bonchev–Trinajstić information content (AvgIpc) is 2.44. The number of nitrogens with two attached hydrogens (primary N) is 1. The van der Waals surface area contributed by atoms with E-state index in [1.807, 2.05) is 13.8 Å². The van der Waals surface area contributed by atoms with Crippen LogP contribution in [-0.2, 0) is 14.3 Å². The Morgan fingerprint density at radius 3 is 2.61 bits per heavy atom. The highest BCUT2D eigenvalue weighted by molar-refractivity contribution is 5.96. The van der Waals surface area contributed by atoms with E-state index in [1.165, 1.54) is 13.0 Å². The summed E-state index contributed by atoms with van der Waals surface area (Å²) in [6.45, 7) is 7.30. The van der Waals surface area contributed by atoms with Crippen LogP contribution in [-0.4, -0.2) is 17.5 Å². The minimum Gasteiger partial charge on any atom is -0.456 e. The van der Waals surface area contributed by atoms with Crippen LogP contribution in [0.25, 0.3) is 0 Å². The molecule has 0 heterocycles. The second kappa shape index (κ2) is 8.36. The molecule has 23 heavy (non-hydrogen) atoms. The smallest absolute Gasteiger partial charge is 0.339 e. The Morgan fingerprint density at radius 2 is 2.00 bits per heavy atom. The lowest BCUT2D eigenvalue weighted by Crippen LogP contribution is -2.27. The van der Waals surface area contributed by atoms with Gasteiger partial charge in [-0.15, -0.1) is 0 Å². The molecule has 5 heteroatoms. The SMILES string of the molecule is CCCCC(C)(C)OC(=O)C=C(C)C(=O)Oc1cccc(N)c1. The largest absolute Gasteiger partial charge is 0.456 e. The van der Waals surface area contributed by atoms with E-state index in [9.17, 15) is 9.59 Å². The summed E-state index contributed by atoms with van der Waals surface area (Å²) in [4.78, 5) is 23.9. The summed E-state index contributed by atoms with van der Waals surface area (Å²) in [6.07, 6.45) is 3.93. The van der Waals surface area contributed by atoms with E-state index in [0.717, 1.165) is 25.3 Å². The van der Waals surface area contributed by atoms with Crippen LogP contribution in [0.1, 0.15) is 47.0 Å². The van der Waals surface area contributed by atoms with Gasteiger partial charge in [-0.1, -0.05) is 19.4 Å². The van der Waals surface area contributed by atoms with Gasteiger partial charge in [-0.05, 0) is 45.7 Å². The number of rotatable bonds is 7. The molecule has 1 aromatic carbocycles. The summed E-state index contributed by atoms with van der Waals surface area (Å²) >= 11 is 0. The van der Waals surface area contributed by atoms with Gasteiger partial charge in [0.15, 0.2) is 0 Å². The van der Waals surface area contributed by atoms with Crippen molar-refractivity contribution >= 4 is 17.6 Å². The maximum absolute atomic E-state index is 12.0. The molecular weight excluding hydrogens is 294 g/mol. The molecule has 0 aliphatic heterocycles. The first kappa shape index (κ1) is 18.7. The molecule has 0 radical (unpaired) electrons. The van der Waals surface area contributed by atoms with Gasteiger partial charge in [-0.25, -0.2) is 9.59 Å². The van der Waals surface area contributed by atoms with Crippen molar-refractivity contribution in [1.29, 1.82) is 0 Å². The van der Waals surface area contributed by atoms with Crippen LogP contribution in [0.3, 0.4) is 0 Å². The topological polar surface area (TPSA) is 78.6 Å². The van der Waals surface area contributed by atoms with Crippen molar-refractivity contribution in [3.05, 3.63) is 35.9 Å². The van der Waals surface area contributed by atoms with Crippen molar-refractivity contribution < 1.29 is 19.1 Å². The summed E-state index contributed by atoms with van der Waals surface area (Å²) < 4.78 is 10.5. The molecule has 126 valence electrons. The third-order valence-electron chi connectivity index (χ3n) is 3.23. The van der Waals surface area contributed by atoms with Crippen LogP contribution in [0, 0.1) is 0 Å². The molecule has 1 aromatic rings. The molecule has 5 nitrogen and oxygen atoms in total. The lowest BCUT2D eigenvalue weighted by atomic mass is 10.0. The van der Waals surface area contributed by atoms with Crippen LogP contribution in [0.2, 0.25) is 0 Å². The first-order valence-corrected chi connectivity index (χ1v) is 7.72. The van der Waals surface area contributed by atoms with E-state index in [-0.39, 0.29) is 5.57 Å². The number of carbonyl (C=O) groups is 2. The molecule has 0 spiro atoms. The number of benzene rings is 1. The highest BCUT2D eigenvalue weighted by Gasteiger charge is 2.22. The van der Waals surface area contributed by atoms with E-state index in [1.54, 1.807) is 18.2 Å². The number of esters is 2. The number of hydrogen-bond donors (Lipinski definition) is 1. The fourth-order valence-corrected chi connectivity index (χ4v) is 1.96. The van der Waals surface area contributed by atoms with Crippen molar-refractivity contribution in [2.24, 2.45) is 0 Å². The van der Waals surface area contributed by atoms with Crippen LogP contribution in [0.15, 0.2) is 35.9 Å². The summed E-state index contributed by atoms with van der Waals surface area (Å²) in [7, 11) is 0. The fraction of sp³-hybridized carbons (Fsp3) is 0.444. The van der Waals surface area contributed by atoms with Gasteiger partial charge >= 0.3 is 11.9 Å². The normalized spacial score (nSPS) is 11.9. The zero-order valence-electron chi connectivity index (χ0n) is 14.2. The van der Waals surface area contributed by atoms with Gasteiger partial charge < -0.3 is 15.2 Å². The predicted octanol–water partition coefficient (Wildman–Crippen LogP) is 3.63. The number of carbonyl (C=O) groups excluding carboxylic acids is 2. The second-order valence-corrected chi connectivity index (χ2v) is 6.07. The molecule has 1 rings (SSSR count). The van der Waals surface area contributed by atoms with E-state index in [0.29, 0.717) is 11.4 Å². The Balaban J connectivity index is 2.64. The van der Waals surface area contributed by atoms with Crippen molar-refractivity contribution in [3.8, 4) is 5.75 Å². The average molecular weight is 319 g/mol. The lowest BCUT2D eigenvalue weighted by Gasteiger charge is -2.24. The Labute approximate surface area is 137 Å². The van der Waals surface area contributed by atoms with E-state index in [4.69, 9.17) is 15.2 Å². The zero-order chi connectivity index (χ0) is 17.5. The van der Waals surface area contributed by atoms with Crippen molar-refractivity contribution in [2.45, 2.75) is 52.6 Å². The van der Waals surface area contributed by atoms with Crippen LogP contribution in [0.4, 0.5) is 5.69 Å². The molecule has 0 saturated carbocycles. The Kier molecular flexibility index (Phi) is 6.82. The van der Waals surface area contributed by atoms with E-state index >= 15 is 0 Å². The second-order valence-electron chi connectivity index (χ2n) is 6.07. The minimum absolute atomic E-state index is 0.170. The monoisotopic (exact) mass is 319 g/mol. The van der Waals surface area contributed by atoms with Gasteiger partial charge in [-0.3, -0.25) is 0 Å². The fourth-order valence-electron chi connectivity index (χ4n) is 1.96. The standard InChI is InChI=1S/C18H25NO4/c1-5-6-10-18(3,4)23-16(20)11-13(2)17(21)22-15-9-7-8-14(19)12-15/h7-9,11-12H,5-6,10,19H2,1-4H3. The van der Waals surface area contributed by atoms with Crippen LogP contribution in [0.5, 0.6) is 5.75 Å². The maximum atomic E-state index is 12.0. The third-order valence-corrected chi connectivity index (χ3v) is 3.23.